The summed E-state index contributed by atoms with van der Waals surface area (Å²) < 4.78 is 10.4. The normalized spacial score (nSPS) is 15.0. The number of rotatable bonds is 0. The van der Waals surface area contributed by atoms with Crippen molar-refractivity contribution in [2.24, 2.45) is 0 Å². The van der Waals surface area contributed by atoms with Gasteiger partial charge in [0.05, 0.1) is 18.5 Å². The minimum Gasteiger partial charge on any atom is -0.478 e. The second-order valence-corrected chi connectivity index (χ2v) is 5.24. The molecule has 0 fully saturated rings. The second-order valence-electron chi connectivity index (χ2n) is 5.24. The van der Waals surface area contributed by atoms with Crippen molar-refractivity contribution in [3.05, 3.63) is 29.3 Å². The van der Waals surface area contributed by atoms with Crippen LogP contribution in [0, 0.1) is 13.8 Å². The molecule has 0 atom stereocenters. The van der Waals surface area contributed by atoms with Gasteiger partial charge in [-0.05, 0) is 32.8 Å². The van der Waals surface area contributed by atoms with Gasteiger partial charge in [0.15, 0.2) is 18.2 Å². The van der Waals surface area contributed by atoms with Gasteiger partial charge in [0, 0.05) is 5.56 Å². The second kappa shape index (κ2) is 6.55. The highest BCUT2D eigenvalue weighted by Crippen LogP contribution is 2.23. The van der Waals surface area contributed by atoms with Gasteiger partial charge in [-0.3, -0.25) is 4.79 Å². The largest absolute Gasteiger partial charge is 0.478 e. The van der Waals surface area contributed by atoms with Crippen LogP contribution in [-0.2, 0) is 11.2 Å². The number of nitrogens with one attached hydrogen (secondary N) is 1. The molecular weight excluding hydrogens is 298 g/mol. The van der Waals surface area contributed by atoms with Gasteiger partial charge < -0.3 is 14.8 Å². The van der Waals surface area contributed by atoms with E-state index in [1.807, 2.05) is 13.0 Å². The molecule has 0 spiro atoms. The highest BCUT2D eigenvalue weighted by Gasteiger charge is 2.17. The van der Waals surface area contributed by atoms with Gasteiger partial charge >= 0.3 is 0 Å². The van der Waals surface area contributed by atoms with Gasteiger partial charge in [-0.1, -0.05) is 0 Å². The van der Waals surface area contributed by atoms with Gasteiger partial charge in [0.25, 0.3) is 5.91 Å². The summed E-state index contributed by atoms with van der Waals surface area (Å²) in [5, 5.41) is 10.4. The third kappa shape index (κ3) is 3.71. The summed E-state index contributed by atoms with van der Waals surface area (Å²) in [5.41, 5.74) is 2.16. The average Bonchev–Trinajstić information content (AvgIpc) is 2.55. The molecule has 0 saturated heterocycles. The van der Waals surface area contributed by atoms with Crippen LogP contribution in [0.3, 0.4) is 0 Å². The topological polar surface area (TPSA) is 99.1 Å². The zero-order valence-electron chi connectivity index (χ0n) is 13.0. The third-order valence-electron chi connectivity index (χ3n) is 3.28. The molecule has 0 radical (unpaired) electrons. The SMILES string of the molecule is Cc1cc2c(nn1)OCCC2.Cc1ncc2c(n1)NC(=O)CO2. The van der Waals surface area contributed by atoms with Crippen LogP contribution in [0.2, 0.25) is 0 Å². The lowest BCUT2D eigenvalue weighted by atomic mass is 10.1. The van der Waals surface area contributed by atoms with E-state index in [1.165, 1.54) is 5.56 Å². The summed E-state index contributed by atoms with van der Waals surface area (Å²) in [6.07, 6.45) is 3.72. The highest BCUT2D eigenvalue weighted by atomic mass is 16.5. The van der Waals surface area contributed by atoms with E-state index in [2.05, 4.69) is 25.5 Å². The number of anilines is 1. The van der Waals surface area contributed by atoms with E-state index in [1.54, 1.807) is 13.1 Å². The molecule has 1 amide bonds. The van der Waals surface area contributed by atoms with Crippen LogP contribution in [0.5, 0.6) is 11.6 Å². The Hall–Kier alpha value is -2.77. The predicted octanol–water partition coefficient (Wildman–Crippen LogP) is 1.23. The number of amides is 1. The molecule has 4 heterocycles. The van der Waals surface area contributed by atoms with Crippen molar-refractivity contribution in [2.45, 2.75) is 26.7 Å². The maximum atomic E-state index is 10.8. The lowest BCUT2D eigenvalue weighted by molar-refractivity contribution is -0.118. The first kappa shape index (κ1) is 15.1. The van der Waals surface area contributed by atoms with E-state index in [-0.39, 0.29) is 12.5 Å². The Morgan fingerprint density at radius 3 is 2.96 bits per heavy atom. The highest BCUT2D eigenvalue weighted by molar-refractivity contribution is 5.93. The molecule has 2 aliphatic heterocycles. The first-order valence-electron chi connectivity index (χ1n) is 7.34. The molecule has 8 nitrogen and oxygen atoms in total. The van der Waals surface area contributed by atoms with Gasteiger partial charge in [-0.15, -0.1) is 5.10 Å². The number of hydrogen-bond donors (Lipinski definition) is 1. The van der Waals surface area contributed by atoms with E-state index >= 15 is 0 Å². The number of carbonyl (C=O) groups is 1. The smallest absolute Gasteiger partial charge is 0.263 e. The molecule has 8 heteroatoms. The fourth-order valence-electron chi connectivity index (χ4n) is 2.23. The van der Waals surface area contributed by atoms with Crippen molar-refractivity contribution in [1.82, 2.24) is 20.2 Å². The Kier molecular flexibility index (Phi) is 4.31. The fourth-order valence-corrected chi connectivity index (χ4v) is 2.23. The zero-order valence-corrected chi connectivity index (χ0v) is 13.0. The number of carbonyl (C=O) groups excluding carboxylic acids is 1. The van der Waals surface area contributed by atoms with Crippen LogP contribution >= 0.6 is 0 Å². The number of aromatic nitrogens is 4. The van der Waals surface area contributed by atoms with Crippen LogP contribution in [0.1, 0.15) is 23.5 Å². The Morgan fingerprint density at radius 1 is 1.22 bits per heavy atom. The van der Waals surface area contributed by atoms with E-state index in [0.717, 1.165) is 31.0 Å². The number of ether oxygens (including phenoxy) is 2. The maximum Gasteiger partial charge on any atom is 0.263 e. The molecule has 2 aromatic rings. The standard InChI is InChI=1S/C8H10N2O.C7H7N3O2/c1-6-5-7-3-2-4-11-8(7)10-9-6;1-4-8-2-5-7(9-4)10-6(11)3-12-5/h5H,2-4H2,1H3;2H,3H2,1H3,(H,8,9,10,11). The molecule has 0 bridgehead atoms. The number of hydrogen-bond acceptors (Lipinski definition) is 7. The first-order chi connectivity index (χ1) is 11.1. The molecule has 0 saturated carbocycles. The molecule has 0 unspecified atom stereocenters. The van der Waals surface area contributed by atoms with Crippen LogP contribution in [0.25, 0.3) is 0 Å². The first-order valence-corrected chi connectivity index (χ1v) is 7.34. The summed E-state index contributed by atoms with van der Waals surface area (Å²) in [7, 11) is 0. The summed E-state index contributed by atoms with van der Waals surface area (Å²) in [4.78, 5) is 18.8. The molecule has 2 aliphatic rings. The number of aryl methyl sites for hydroxylation is 3. The summed E-state index contributed by atoms with van der Waals surface area (Å²) in [5.74, 6) is 2.14. The fraction of sp³-hybridized carbons (Fsp3) is 0.400. The quantitative estimate of drug-likeness (QED) is 0.780. The molecule has 23 heavy (non-hydrogen) atoms. The monoisotopic (exact) mass is 315 g/mol. The van der Waals surface area contributed by atoms with Crippen LogP contribution in [0.4, 0.5) is 5.82 Å². The Labute approximate surface area is 133 Å². The Morgan fingerprint density at radius 2 is 2.09 bits per heavy atom. The van der Waals surface area contributed by atoms with Gasteiger partial charge in [0.2, 0.25) is 5.88 Å². The van der Waals surface area contributed by atoms with Gasteiger partial charge in [-0.25, -0.2) is 9.97 Å². The molecule has 4 rings (SSSR count). The maximum absolute atomic E-state index is 10.8. The van der Waals surface area contributed by atoms with E-state index in [9.17, 15) is 4.79 Å². The molecule has 0 aliphatic carbocycles. The Bertz CT molecular complexity index is 735. The summed E-state index contributed by atoms with van der Waals surface area (Å²) in [6.45, 7) is 4.52. The predicted molar refractivity (Wildman–Crippen MR) is 81.5 cm³/mol. The zero-order chi connectivity index (χ0) is 16.2. The van der Waals surface area contributed by atoms with Crippen LogP contribution < -0.4 is 14.8 Å². The van der Waals surface area contributed by atoms with Crippen LogP contribution in [-0.4, -0.2) is 39.3 Å². The number of fused-ring (bicyclic) bond motifs is 2. The van der Waals surface area contributed by atoms with E-state index in [0.29, 0.717) is 17.4 Å². The molecule has 1 N–H and O–H groups in total. The molecule has 2 aromatic heterocycles. The molecule has 120 valence electrons. The molecule has 0 aromatic carbocycles. The average molecular weight is 315 g/mol. The Balaban J connectivity index is 0.000000136. The van der Waals surface area contributed by atoms with Crippen molar-refractivity contribution in [3.63, 3.8) is 0 Å². The van der Waals surface area contributed by atoms with Gasteiger partial charge in [0.1, 0.15) is 5.82 Å². The van der Waals surface area contributed by atoms with Crippen LogP contribution in [0.15, 0.2) is 12.3 Å². The van der Waals surface area contributed by atoms with Crippen molar-refractivity contribution in [1.29, 1.82) is 0 Å². The van der Waals surface area contributed by atoms with E-state index in [4.69, 9.17) is 9.47 Å². The van der Waals surface area contributed by atoms with Crippen molar-refractivity contribution < 1.29 is 14.3 Å². The minimum absolute atomic E-state index is 0.0411. The summed E-state index contributed by atoms with van der Waals surface area (Å²) >= 11 is 0. The lowest BCUT2D eigenvalue weighted by Crippen LogP contribution is -2.26. The summed E-state index contributed by atoms with van der Waals surface area (Å²) in [6, 6.07) is 2.04. The number of nitrogens with zero attached hydrogens (tertiary/aromatic N) is 4. The van der Waals surface area contributed by atoms with E-state index < -0.39 is 0 Å². The lowest BCUT2D eigenvalue weighted by Gasteiger charge is -2.15. The van der Waals surface area contributed by atoms with Crippen molar-refractivity contribution in [2.75, 3.05) is 18.5 Å². The van der Waals surface area contributed by atoms with Crippen molar-refractivity contribution >= 4 is 11.7 Å². The minimum atomic E-state index is -0.180. The van der Waals surface area contributed by atoms with Gasteiger partial charge in [-0.2, -0.15) is 5.10 Å². The third-order valence-corrected chi connectivity index (χ3v) is 3.28. The van der Waals surface area contributed by atoms with Crippen molar-refractivity contribution in [3.8, 4) is 11.6 Å². The molecular formula is C15H17N5O3.